The summed E-state index contributed by atoms with van der Waals surface area (Å²) in [5.41, 5.74) is 2.84. The highest BCUT2D eigenvalue weighted by molar-refractivity contribution is 6.33. The number of nitrogens with one attached hydrogen (secondary N) is 4. The predicted molar refractivity (Wildman–Crippen MR) is 178 cm³/mol. The number of benzene rings is 2. The summed E-state index contributed by atoms with van der Waals surface area (Å²) < 4.78 is 5.33. The van der Waals surface area contributed by atoms with Crippen LogP contribution in [0.25, 0.3) is 0 Å². The third kappa shape index (κ3) is 8.93. The molecule has 5 rings (SSSR count). The third-order valence-electron chi connectivity index (χ3n) is 7.67. The van der Waals surface area contributed by atoms with Crippen molar-refractivity contribution in [2.24, 2.45) is 0 Å². The zero-order valence-corrected chi connectivity index (χ0v) is 26.4. The van der Waals surface area contributed by atoms with Gasteiger partial charge in [-0.05, 0) is 36.4 Å². The number of rotatable bonds is 11. The van der Waals surface area contributed by atoms with Crippen LogP contribution in [-0.4, -0.2) is 110 Å². The molecule has 0 bridgehead atoms. The lowest BCUT2D eigenvalue weighted by Gasteiger charge is -2.36. The Balaban J connectivity index is 1.08. The van der Waals surface area contributed by atoms with Gasteiger partial charge in [-0.1, -0.05) is 29.8 Å². The largest absolute Gasteiger partial charge is 0.379 e. The average Bonchev–Trinajstić information content (AvgIpc) is 3.09. The Morgan fingerprint density at radius 2 is 1.70 bits per heavy atom. The van der Waals surface area contributed by atoms with Crippen molar-refractivity contribution in [3.8, 4) is 0 Å². The first-order chi connectivity index (χ1) is 22.4. The second-order valence-corrected chi connectivity index (χ2v) is 11.1. The van der Waals surface area contributed by atoms with E-state index in [0.717, 1.165) is 24.5 Å². The van der Waals surface area contributed by atoms with E-state index in [1.54, 1.807) is 30.1 Å². The second kappa shape index (κ2) is 16.0. The van der Waals surface area contributed by atoms with Crippen LogP contribution in [0.2, 0.25) is 5.02 Å². The van der Waals surface area contributed by atoms with Gasteiger partial charge in [0.15, 0.2) is 5.82 Å². The maximum Gasteiger partial charge on any atom is 0.253 e. The molecular formula is C32H38ClN9O4. The molecule has 0 unspecified atom stereocenters. The zero-order valence-electron chi connectivity index (χ0n) is 25.7. The van der Waals surface area contributed by atoms with E-state index in [-0.39, 0.29) is 24.3 Å². The van der Waals surface area contributed by atoms with Crippen LogP contribution in [0.4, 0.5) is 28.8 Å². The van der Waals surface area contributed by atoms with E-state index < -0.39 is 0 Å². The van der Waals surface area contributed by atoms with Crippen LogP contribution >= 0.6 is 11.6 Å². The van der Waals surface area contributed by atoms with Crippen LogP contribution in [0.3, 0.4) is 0 Å². The summed E-state index contributed by atoms with van der Waals surface area (Å²) in [5.74, 6) is 0.107. The molecule has 3 aromatic rings. The maximum atomic E-state index is 12.7. The van der Waals surface area contributed by atoms with Crippen molar-refractivity contribution < 1.29 is 19.1 Å². The van der Waals surface area contributed by atoms with Crippen molar-refractivity contribution in [1.29, 1.82) is 0 Å². The van der Waals surface area contributed by atoms with Gasteiger partial charge in [0.1, 0.15) is 5.02 Å². The molecule has 2 fully saturated rings. The lowest BCUT2D eigenvalue weighted by Crippen LogP contribution is -2.51. The van der Waals surface area contributed by atoms with Crippen LogP contribution in [0.1, 0.15) is 10.4 Å². The molecule has 2 aromatic carbocycles. The van der Waals surface area contributed by atoms with E-state index in [4.69, 9.17) is 16.3 Å². The average molecular weight is 648 g/mol. The fourth-order valence-electron chi connectivity index (χ4n) is 5.09. The molecule has 14 heteroatoms. The van der Waals surface area contributed by atoms with Gasteiger partial charge < -0.3 is 35.8 Å². The predicted octanol–water partition coefficient (Wildman–Crippen LogP) is 2.63. The fourth-order valence-corrected chi connectivity index (χ4v) is 5.23. The monoisotopic (exact) mass is 647 g/mol. The van der Waals surface area contributed by atoms with Gasteiger partial charge in [0.2, 0.25) is 17.8 Å². The summed E-state index contributed by atoms with van der Waals surface area (Å²) in [5, 5.41) is 12.0. The molecule has 2 aliphatic heterocycles. The van der Waals surface area contributed by atoms with Gasteiger partial charge >= 0.3 is 0 Å². The van der Waals surface area contributed by atoms with Crippen LogP contribution in [0.15, 0.2) is 66.9 Å². The molecule has 0 saturated carbocycles. The molecular weight excluding hydrogens is 610 g/mol. The third-order valence-corrected chi connectivity index (χ3v) is 7.94. The van der Waals surface area contributed by atoms with Gasteiger partial charge in [-0.25, -0.2) is 4.98 Å². The first-order valence-electron chi connectivity index (χ1n) is 15.1. The molecule has 3 heterocycles. The van der Waals surface area contributed by atoms with E-state index in [9.17, 15) is 14.4 Å². The molecule has 0 atom stereocenters. The molecule has 4 N–H and O–H groups in total. The highest BCUT2D eigenvalue weighted by Gasteiger charge is 2.21. The maximum absolute atomic E-state index is 12.7. The summed E-state index contributed by atoms with van der Waals surface area (Å²) in [7, 11) is 1.57. The van der Waals surface area contributed by atoms with Crippen LogP contribution in [0, 0.1) is 0 Å². The number of nitrogens with zero attached hydrogens (tertiary/aromatic N) is 5. The lowest BCUT2D eigenvalue weighted by molar-refractivity contribution is -0.132. The number of piperazine rings is 1. The second-order valence-electron chi connectivity index (χ2n) is 10.7. The smallest absolute Gasteiger partial charge is 0.253 e. The normalized spacial score (nSPS) is 15.4. The van der Waals surface area contributed by atoms with E-state index in [1.807, 2.05) is 36.4 Å². The Morgan fingerprint density at radius 3 is 2.43 bits per heavy atom. The van der Waals surface area contributed by atoms with Gasteiger partial charge in [-0.2, -0.15) is 4.98 Å². The fraction of sp³-hybridized carbons (Fsp3) is 0.344. The van der Waals surface area contributed by atoms with Crippen molar-refractivity contribution in [3.05, 3.63) is 77.5 Å². The molecule has 46 heavy (non-hydrogen) atoms. The summed E-state index contributed by atoms with van der Waals surface area (Å²) in [6.07, 6.45) is 4.80. The van der Waals surface area contributed by atoms with Crippen LogP contribution in [-0.2, 0) is 14.3 Å². The number of amides is 3. The Hall–Kier alpha value is -4.72. The Morgan fingerprint density at radius 1 is 0.957 bits per heavy atom. The summed E-state index contributed by atoms with van der Waals surface area (Å²) in [6.45, 7) is 6.30. The van der Waals surface area contributed by atoms with Gasteiger partial charge in [-0.15, -0.1) is 0 Å². The molecule has 2 saturated heterocycles. The van der Waals surface area contributed by atoms with Gasteiger partial charge in [0.05, 0.1) is 37.2 Å². The Kier molecular flexibility index (Phi) is 11.4. The van der Waals surface area contributed by atoms with Crippen LogP contribution < -0.4 is 26.2 Å². The summed E-state index contributed by atoms with van der Waals surface area (Å²) >= 11 is 6.35. The number of carbonyl (C=O) groups is 3. The molecule has 242 valence electrons. The Bertz CT molecular complexity index is 1540. The summed E-state index contributed by atoms with van der Waals surface area (Å²) in [4.78, 5) is 52.1. The number of anilines is 5. The molecule has 13 nitrogen and oxygen atoms in total. The SMILES string of the molecule is CNC(=O)c1ccccc1Nc1nc(Nc2ccc(N3CCN(C(=O)CNC(=O)/C=C/CN4CCOCC4)CC3)cc2)ncc1Cl. The minimum Gasteiger partial charge on any atom is -0.379 e. The standard InChI is InChI=1S/C32H38ClN9O4/c1-34-31(45)25-5-2-3-6-27(25)38-30-26(33)21-36-32(39-30)37-23-8-10-24(11-9-23)41-13-15-42(16-14-41)29(44)22-35-28(43)7-4-12-40-17-19-46-20-18-40/h2-11,21H,12-20,22H2,1H3,(H,34,45)(H,35,43)(H2,36,37,38,39)/b7-4+. The van der Waals surface area contributed by atoms with Gasteiger partial charge in [-0.3, -0.25) is 19.3 Å². The number of hydrogen-bond donors (Lipinski definition) is 4. The van der Waals surface area contributed by atoms with Crippen molar-refractivity contribution >= 4 is 58.2 Å². The minimum atomic E-state index is -0.267. The number of morpholine rings is 1. The zero-order chi connectivity index (χ0) is 32.3. The van der Waals surface area contributed by atoms with Crippen molar-refractivity contribution in [2.75, 3.05) is 88.2 Å². The van der Waals surface area contributed by atoms with E-state index >= 15 is 0 Å². The van der Waals surface area contributed by atoms with Crippen LogP contribution in [0.5, 0.6) is 0 Å². The van der Waals surface area contributed by atoms with Crippen molar-refractivity contribution in [1.82, 2.24) is 30.4 Å². The molecule has 0 radical (unpaired) electrons. The van der Waals surface area contributed by atoms with Crippen molar-refractivity contribution in [2.45, 2.75) is 0 Å². The highest BCUT2D eigenvalue weighted by Crippen LogP contribution is 2.27. The quantitative estimate of drug-likeness (QED) is 0.229. The first-order valence-corrected chi connectivity index (χ1v) is 15.5. The number of carbonyl (C=O) groups excluding carboxylic acids is 3. The number of ether oxygens (including phenoxy) is 1. The van der Waals surface area contributed by atoms with E-state index in [1.165, 1.54) is 12.3 Å². The van der Waals surface area contributed by atoms with E-state index in [0.29, 0.717) is 74.0 Å². The topological polar surface area (TPSA) is 144 Å². The number of halogens is 1. The molecule has 0 spiro atoms. The number of hydrogen-bond acceptors (Lipinski definition) is 10. The number of para-hydroxylation sites is 1. The molecule has 2 aliphatic rings. The molecule has 0 aliphatic carbocycles. The van der Waals surface area contributed by atoms with Crippen molar-refractivity contribution in [3.63, 3.8) is 0 Å². The van der Waals surface area contributed by atoms with Gasteiger partial charge in [0.25, 0.3) is 5.91 Å². The van der Waals surface area contributed by atoms with E-state index in [2.05, 4.69) is 41.0 Å². The molecule has 1 aromatic heterocycles. The highest BCUT2D eigenvalue weighted by atomic mass is 35.5. The first kappa shape index (κ1) is 32.7. The number of aromatic nitrogens is 2. The summed E-state index contributed by atoms with van der Waals surface area (Å²) in [6, 6.07) is 14.9. The minimum absolute atomic E-state index is 0.0221. The van der Waals surface area contributed by atoms with Gasteiger partial charge in [0, 0.05) is 70.3 Å². The Labute approximate surface area is 273 Å². The lowest BCUT2D eigenvalue weighted by atomic mass is 10.1. The molecule has 3 amide bonds.